The first kappa shape index (κ1) is 28.3. The lowest BCUT2D eigenvalue weighted by Gasteiger charge is -2.53. The van der Waals surface area contributed by atoms with Gasteiger partial charge < -0.3 is 29.9 Å². The van der Waals surface area contributed by atoms with Crippen molar-refractivity contribution < 1.29 is 39.5 Å². The molecule has 6 atom stereocenters. The molecule has 4 rings (SSSR count). The summed E-state index contributed by atoms with van der Waals surface area (Å²) >= 11 is 3.21. The molecule has 1 unspecified atom stereocenters. The highest BCUT2D eigenvalue weighted by Crippen LogP contribution is 2.44. The van der Waals surface area contributed by atoms with Gasteiger partial charge in [0.2, 0.25) is 17.2 Å². The highest BCUT2D eigenvalue weighted by Gasteiger charge is 2.73. The first-order valence-electron chi connectivity index (χ1n) is 12.1. The summed E-state index contributed by atoms with van der Waals surface area (Å²) in [6.45, 7) is -0.0811. The molecule has 1 aliphatic heterocycles. The molecule has 0 amide bonds. The third-order valence-electron chi connectivity index (χ3n) is 6.72. The van der Waals surface area contributed by atoms with Crippen LogP contribution in [-0.4, -0.2) is 79.7 Å². The van der Waals surface area contributed by atoms with Gasteiger partial charge in [-0.15, -0.1) is 0 Å². The molecular formula is C29H29BrO8. The van der Waals surface area contributed by atoms with Gasteiger partial charge in [0.25, 0.3) is 0 Å². The first-order valence-corrected chi connectivity index (χ1v) is 13.2. The van der Waals surface area contributed by atoms with Crippen molar-refractivity contribution in [1.29, 1.82) is 0 Å². The Labute approximate surface area is 228 Å². The molecule has 8 nitrogen and oxygen atoms in total. The van der Waals surface area contributed by atoms with E-state index in [-0.39, 0.29) is 29.5 Å². The van der Waals surface area contributed by atoms with Gasteiger partial charge in [0.05, 0.1) is 12.7 Å². The molecule has 38 heavy (non-hydrogen) atoms. The lowest BCUT2D eigenvalue weighted by Crippen LogP contribution is -2.81. The molecule has 9 heteroatoms. The van der Waals surface area contributed by atoms with Crippen molar-refractivity contribution in [3.8, 4) is 0 Å². The zero-order chi connectivity index (χ0) is 27.3. The number of hydrogen-bond donors (Lipinski definition) is 4. The van der Waals surface area contributed by atoms with E-state index in [4.69, 9.17) is 9.47 Å². The lowest BCUT2D eigenvalue weighted by atomic mass is 9.66. The van der Waals surface area contributed by atoms with Crippen LogP contribution in [0.5, 0.6) is 0 Å². The van der Waals surface area contributed by atoms with E-state index in [9.17, 15) is 30.0 Å². The molecule has 3 aromatic carbocycles. The summed E-state index contributed by atoms with van der Waals surface area (Å²) in [6, 6.07) is 23.9. The van der Waals surface area contributed by atoms with E-state index in [1.807, 2.05) is 0 Å². The number of ether oxygens (including phenoxy) is 2. The van der Waals surface area contributed by atoms with Gasteiger partial charge in [0, 0.05) is 22.9 Å². The number of carbonyl (C=O) groups is 2. The number of benzene rings is 3. The number of rotatable bonds is 10. The van der Waals surface area contributed by atoms with E-state index in [0.717, 1.165) is 0 Å². The van der Waals surface area contributed by atoms with Crippen LogP contribution in [0.3, 0.4) is 0 Å². The summed E-state index contributed by atoms with van der Waals surface area (Å²) < 4.78 is 11.5. The molecule has 4 N–H and O–H groups in total. The molecule has 0 aromatic heterocycles. The quantitative estimate of drug-likeness (QED) is 0.211. The summed E-state index contributed by atoms with van der Waals surface area (Å²) in [5.41, 5.74) is -5.63. The maximum atomic E-state index is 13.9. The van der Waals surface area contributed by atoms with E-state index in [2.05, 4.69) is 15.9 Å². The van der Waals surface area contributed by atoms with Gasteiger partial charge >= 0.3 is 0 Å². The molecule has 1 heterocycles. The first-order chi connectivity index (χ1) is 18.2. The zero-order valence-electron chi connectivity index (χ0n) is 20.4. The number of Topliss-reactive ketones (excluding diaryl/α,β-unsaturated/α-hetero) is 2. The van der Waals surface area contributed by atoms with Crippen molar-refractivity contribution in [2.75, 3.05) is 11.9 Å². The van der Waals surface area contributed by atoms with Gasteiger partial charge in [0.1, 0.15) is 12.2 Å². The monoisotopic (exact) mass is 584 g/mol. The summed E-state index contributed by atoms with van der Waals surface area (Å²) in [5.74, 6) is -2.20. The van der Waals surface area contributed by atoms with Crippen LogP contribution in [0.4, 0.5) is 0 Å². The average molecular weight is 585 g/mol. The minimum atomic E-state index is -3.15. The number of carbonyl (C=O) groups excluding carboxylic acids is 2. The topological polar surface area (TPSA) is 134 Å². The van der Waals surface area contributed by atoms with Gasteiger partial charge in [0.15, 0.2) is 11.9 Å². The van der Waals surface area contributed by atoms with Crippen LogP contribution in [0, 0.1) is 0 Å². The van der Waals surface area contributed by atoms with Crippen molar-refractivity contribution in [2.45, 2.75) is 42.2 Å². The van der Waals surface area contributed by atoms with Crippen LogP contribution in [-0.2, 0) is 15.9 Å². The molecular weight excluding hydrogens is 556 g/mol. The minimum absolute atomic E-state index is 0.00556. The molecule has 1 aliphatic rings. The summed E-state index contributed by atoms with van der Waals surface area (Å²) in [6.07, 6.45) is -7.17. The standard InChI is InChI=1S/C29H29BrO8/c30-16-17-37-27-29(36,25(33)21-14-8-3-9-15-21)28(35,24(32)20-12-6-2-7-13-20)26(34)23(38-27)22(31)18-19-10-4-1-5-11-19/h1-15,22-23,26-27,31,34-36H,16-18H2/t22?,23-,26-,27+,28+,29+/m1/s1. The Hall–Kier alpha value is -2.76. The number of ketones is 2. The van der Waals surface area contributed by atoms with Gasteiger partial charge in [-0.2, -0.15) is 0 Å². The average Bonchev–Trinajstić information content (AvgIpc) is 2.96. The van der Waals surface area contributed by atoms with Crippen LogP contribution >= 0.6 is 15.9 Å². The minimum Gasteiger partial charge on any atom is -0.390 e. The number of hydrogen-bond acceptors (Lipinski definition) is 8. The maximum Gasteiger partial charge on any atom is 0.217 e. The van der Waals surface area contributed by atoms with Crippen molar-refractivity contribution >= 4 is 27.5 Å². The largest absolute Gasteiger partial charge is 0.390 e. The van der Waals surface area contributed by atoms with E-state index < -0.39 is 47.4 Å². The Morgan fingerprint density at radius 2 is 1.32 bits per heavy atom. The fourth-order valence-corrected chi connectivity index (χ4v) is 4.94. The van der Waals surface area contributed by atoms with Crippen LogP contribution in [0.25, 0.3) is 0 Å². The SMILES string of the molecule is O=C(c1ccccc1)[C@]1(O)[C@@H](OCCBr)O[C@H](C(O)Cc2ccccc2)[C@@H](O)[C@@]1(O)C(=O)c1ccccc1. The molecule has 1 saturated heterocycles. The van der Waals surface area contributed by atoms with E-state index in [1.165, 1.54) is 24.3 Å². The third-order valence-corrected chi connectivity index (χ3v) is 7.04. The molecule has 1 fully saturated rings. The number of aliphatic hydroxyl groups excluding tert-OH is 2. The number of halogens is 1. The number of alkyl halides is 1. The Morgan fingerprint density at radius 1 is 0.842 bits per heavy atom. The van der Waals surface area contributed by atoms with E-state index in [1.54, 1.807) is 66.7 Å². The van der Waals surface area contributed by atoms with Crippen LogP contribution in [0.2, 0.25) is 0 Å². The third kappa shape index (κ3) is 5.11. The Balaban J connectivity index is 1.85. The van der Waals surface area contributed by atoms with Gasteiger partial charge in [-0.25, -0.2) is 0 Å². The lowest BCUT2D eigenvalue weighted by molar-refractivity contribution is -0.347. The fraction of sp³-hybridized carbons (Fsp3) is 0.310. The Kier molecular flexibility index (Phi) is 8.89. The fourth-order valence-electron chi connectivity index (χ4n) is 4.75. The molecule has 0 radical (unpaired) electrons. The second-order valence-electron chi connectivity index (χ2n) is 9.12. The molecule has 200 valence electrons. The van der Waals surface area contributed by atoms with Gasteiger partial charge in [-0.3, -0.25) is 9.59 Å². The molecule has 0 saturated carbocycles. The van der Waals surface area contributed by atoms with Crippen LogP contribution in [0.1, 0.15) is 26.3 Å². The summed E-state index contributed by atoms with van der Waals surface area (Å²) in [5, 5.41) is 47.1. The van der Waals surface area contributed by atoms with Crippen molar-refractivity contribution in [2.24, 2.45) is 0 Å². The van der Waals surface area contributed by atoms with Crippen LogP contribution < -0.4 is 0 Å². The van der Waals surface area contributed by atoms with Crippen molar-refractivity contribution in [3.63, 3.8) is 0 Å². The Bertz CT molecular complexity index is 1230. The highest BCUT2D eigenvalue weighted by molar-refractivity contribution is 9.09. The zero-order valence-corrected chi connectivity index (χ0v) is 22.0. The van der Waals surface area contributed by atoms with E-state index in [0.29, 0.717) is 5.56 Å². The summed E-state index contributed by atoms with van der Waals surface area (Å²) in [7, 11) is 0. The second-order valence-corrected chi connectivity index (χ2v) is 9.91. The predicted molar refractivity (Wildman–Crippen MR) is 142 cm³/mol. The van der Waals surface area contributed by atoms with Crippen LogP contribution in [0.15, 0.2) is 91.0 Å². The predicted octanol–water partition coefficient (Wildman–Crippen LogP) is 2.32. The highest BCUT2D eigenvalue weighted by atomic mass is 79.9. The van der Waals surface area contributed by atoms with E-state index >= 15 is 0 Å². The molecule has 3 aromatic rings. The van der Waals surface area contributed by atoms with Gasteiger partial charge in [-0.1, -0.05) is 107 Å². The molecule has 0 bridgehead atoms. The Morgan fingerprint density at radius 3 is 1.82 bits per heavy atom. The second kappa shape index (κ2) is 12.0. The van der Waals surface area contributed by atoms with Crippen molar-refractivity contribution in [1.82, 2.24) is 0 Å². The van der Waals surface area contributed by atoms with Gasteiger partial charge in [-0.05, 0) is 5.56 Å². The maximum absolute atomic E-state index is 13.9. The summed E-state index contributed by atoms with van der Waals surface area (Å²) in [4.78, 5) is 27.8. The molecule has 0 aliphatic carbocycles. The smallest absolute Gasteiger partial charge is 0.217 e. The number of aliphatic hydroxyl groups is 4. The molecule has 0 spiro atoms. The van der Waals surface area contributed by atoms with Crippen molar-refractivity contribution in [3.05, 3.63) is 108 Å². The normalized spacial score (nSPS) is 28.0.